The normalized spacial score (nSPS) is 3.25. The van der Waals surface area contributed by atoms with Crippen LogP contribution in [0.25, 0.3) is 0 Å². The molecule has 23 valence electrons. The van der Waals surface area contributed by atoms with E-state index in [0.29, 0.717) is 0 Å². The summed E-state index contributed by atoms with van der Waals surface area (Å²) in [4.78, 5) is 0. The summed E-state index contributed by atoms with van der Waals surface area (Å²) in [6.07, 6.45) is 1.75. The van der Waals surface area contributed by atoms with Crippen LogP contribution in [-0.4, -0.2) is 24.4 Å². The Hall–Kier alpha value is 0.558. The third kappa shape index (κ3) is 19.9. The molecule has 0 aliphatic rings. The third-order valence-electron chi connectivity index (χ3n) is 0. The Morgan fingerprint density at radius 1 is 1.75 bits per heavy atom. The molecular weight excluding hydrogens is 158 g/mol. The quantitative estimate of drug-likeness (QED) is 0.367. The molecule has 1 heteroatoms. The van der Waals surface area contributed by atoms with Gasteiger partial charge in [0.25, 0.3) is 0 Å². The summed E-state index contributed by atoms with van der Waals surface area (Å²) in [5.74, 6) is 0. The molecule has 0 fully saturated rings. The number of rotatable bonds is 0. The first-order valence-corrected chi connectivity index (χ1v) is 0.986. The predicted molar refractivity (Wildman–Crippen MR) is 21.6 cm³/mol. The molecule has 0 heterocycles. The summed E-state index contributed by atoms with van der Waals surface area (Å²) < 4.78 is 0. The van der Waals surface area contributed by atoms with Gasteiger partial charge in [-0.1, -0.05) is 6.08 Å². The van der Waals surface area contributed by atoms with E-state index < -0.39 is 0 Å². The van der Waals surface area contributed by atoms with Gasteiger partial charge in [0.2, 0.25) is 0 Å². The molecular formula is C3H6Sb. The minimum atomic E-state index is 0. The molecule has 3 radical (unpaired) electrons. The minimum absolute atomic E-state index is 0. The molecule has 0 aromatic heterocycles. The van der Waals surface area contributed by atoms with E-state index in [1.165, 1.54) is 0 Å². The van der Waals surface area contributed by atoms with E-state index in [1.54, 1.807) is 6.08 Å². The molecule has 0 aliphatic heterocycles. The van der Waals surface area contributed by atoms with Crippen molar-refractivity contribution in [1.82, 2.24) is 0 Å². The molecule has 0 nitrogen and oxygen atoms in total. The number of allylic oxidation sites excluding steroid dienone is 1. The summed E-state index contributed by atoms with van der Waals surface area (Å²) in [5.41, 5.74) is 0. The first-order chi connectivity index (χ1) is 1.41. The zero-order valence-electron chi connectivity index (χ0n) is 2.73. The summed E-state index contributed by atoms with van der Waals surface area (Å²) in [6.45, 7) is 5.25. The van der Waals surface area contributed by atoms with Gasteiger partial charge in [-0.05, 0) is 6.92 Å². The molecule has 4 heavy (non-hydrogen) atoms. The van der Waals surface area contributed by atoms with Gasteiger partial charge in [0, 0.05) is 24.4 Å². The van der Waals surface area contributed by atoms with Crippen molar-refractivity contribution >= 4 is 24.4 Å². The average Bonchev–Trinajstić information content (AvgIpc) is 0.918. The summed E-state index contributed by atoms with van der Waals surface area (Å²) in [5, 5.41) is 0. The molecule has 0 amide bonds. The van der Waals surface area contributed by atoms with Crippen molar-refractivity contribution < 1.29 is 0 Å². The van der Waals surface area contributed by atoms with E-state index in [9.17, 15) is 0 Å². The van der Waals surface area contributed by atoms with Crippen LogP contribution in [0, 0.1) is 0 Å². The Kier molecular flexibility index (Phi) is 21.1. The zero-order chi connectivity index (χ0) is 2.71. The monoisotopic (exact) mass is 163 g/mol. The summed E-state index contributed by atoms with van der Waals surface area (Å²) >= 11 is 0. The van der Waals surface area contributed by atoms with Gasteiger partial charge in [-0.3, -0.25) is 0 Å². The topological polar surface area (TPSA) is 0 Å². The molecule has 0 aliphatic carbocycles. The molecule has 0 aromatic carbocycles. The third-order valence-corrected chi connectivity index (χ3v) is 0. The van der Waals surface area contributed by atoms with Crippen LogP contribution in [0.4, 0.5) is 0 Å². The second-order valence-electron chi connectivity index (χ2n) is 0.408. The fraction of sp³-hybridized carbons (Fsp3) is 0.333. The first kappa shape index (κ1) is 8.82. The van der Waals surface area contributed by atoms with Gasteiger partial charge in [0.15, 0.2) is 0 Å². The SMILES string of the molecule is C=CC.[Sb]. The van der Waals surface area contributed by atoms with E-state index in [4.69, 9.17) is 0 Å². The molecule has 0 aromatic rings. The van der Waals surface area contributed by atoms with E-state index in [2.05, 4.69) is 6.58 Å². The van der Waals surface area contributed by atoms with Crippen molar-refractivity contribution in [2.45, 2.75) is 6.92 Å². The van der Waals surface area contributed by atoms with E-state index >= 15 is 0 Å². The van der Waals surface area contributed by atoms with E-state index in [-0.39, 0.29) is 24.4 Å². The van der Waals surface area contributed by atoms with Crippen molar-refractivity contribution in [3.8, 4) is 0 Å². The largest absolute Gasteiger partial charge is 0.103 e. The molecule has 0 saturated carbocycles. The number of hydrogen-bond donors (Lipinski definition) is 0. The Morgan fingerprint density at radius 2 is 1.75 bits per heavy atom. The average molecular weight is 164 g/mol. The second kappa shape index (κ2) is 9.59. The zero-order valence-corrected chi connectivity index (χ0v) is 5.28. The Labute approximate surface area is 44.4 Å². The van der Waals surface area contributed by atoms with Crippen LogP contribution in [0.2, 0.25) is 0 Å². The maximum atomic E-state index is 3.36. The van der Waals surface area contributed by atoms with Crippen LogP contribution >= 0.6 is 0 Å². The smallest absolute Gasteiger partial charge is 0 e. The van der Waals surface area contributed by atoms with Crippen molar-refractivity contribution in [2.24, 2.45) is 0 Å². The van der Waals surface area contributed by atoms with Gasteiger partial charge in [-0.15, -0.1) is 6.58 Å². The standard InChI is InChI=1S/C3H6.Sb/c1-3-2;/h3H,1H2,2H3;. The maximum Gasteiger partial charge on any atom is 0 e. The molecule has 0 unspecified atom stereocenters. The van der Waals surface area contributed by atoms with Gasteiger partial charge >= 0.3 is 0 Å². The van der Waals surface area contributed by atoms with Crippen LogP contribution in [0.1, 0.15) is 6.92 Å². The van der Waals surface area contributed by atoms with E-state index in [1.807, 2.05) is 6.92 Å². The van der Waals surface area contributed by atoms with Crippen LogP contribution < -0.4 is 0 Å². The van der Waals surface area contributed by atoms with Crippen LogP contribution in [0.5, 0.6) is 0 Å². The summed E-state index contributed by atoms with van der Waals surface area (Å²) in [7, 11) is 0. The summed E-state index contributed by atoms with van der Waals surface area (Å²) in [6, 6.07) is 0. The molecule has 0 atom stereocenters. The first-order valence-electron chi connectivity index (χ1n) is 0.986. The Morgan fingerprint density at radius 3 is 1.75 bits per heavy atom. The van der Waals surface area contributed by atoms with Crippen LogP contribution in [-0.2, 0) is 0 Å². The van der Waals surface area contributed by atoms with Gasteiger partial charge in [-0.2, -0.15) is 0 Å². The van der Waals surface area contributed by atoms with Crippen molar-refractivity contribution in [2.75, 3.05) is 0 Å². The van der Waals surface area contributed by atoms with Crippen molar-refractivity contribution in [1.29, 1.82) is 0 Å². The van der Waals surface area contributed by atoms with Crippen LogP contribution in [0.3, 0.4) is 0 Å². The molecule has 0 rings (SSSR count). The van der Waals surface area contributed by atoms with E-state index in [0.717, 1.165) is 0 Å². The fourth-order valence-electron chi connectivity index (χ4n) is 0. The van der Waals surface area contributed by atoms with Gasteiger partial charge < -0.3 is 0 Å². The Bertz CT molecular complexity index is 10.8. The van der Waals surface area contributed by atoms with Crippen molar-refractivity contribution in [3.63, 3.8) is 0 Å². The molecule has 0 N–H and O–H groups in total. The number of hydrogen-bond acceptors (Lipinski definition) is 0. The predicted octanol–water partition coefficient (Wildman–Crippen LogP) is 0.811. The molecule has 0 bridgehead atoms. The minimum Gasteiger partial charge on any atom is -0.103 e. The Balaban J connectivity index is 0. The molecule has 0 saturated heterocycles. The van der Waals surface area contributed by atoms with Crippen molar-refractivity contribution in [3.05, 3.63) is 12.7 Å². The van der Waals surface area contributed by atoms with Gasteiger partial charge in [0.05, 0.1) is 0 Å². The second-order valence-corrected chi connectivity index (χ2v) is 0.408. The molecule has 0 spiro atoms. The van der Waals surface area contributed by atoms with Crippen LogP contribution in [0.15, 0.2) is 12.7 Å². The maximum absolute atomic E-state index is 3.36. The van der Waals surface area contributed by atoms with Gasteiger partial charge in [0.1, 0.15) is 0 Å². The van der Waals surface area contributed by atoms with Gasteiger partial charge in [-0.25, -0.2) is 0 Å². The fourth-order valence-corrected chi connectivity index (χ4v) is 0.